The average Bonchev–Trinajstić information content (AvgIpc) is 2.69. The monoisotopic (exact) mass is 381 g/mol. The molecule has 1 amide bonds. The van der Waals surface area contributed by atoms with E-state index in [2.05, 4.69) is 15.0 Å². The summed E-state index contributed by atoms with van der Waals surface area (Å²) in [5, 5.41) is 2.80. The Balaban J connectivity index is 1.72. The fraction of sp³-hybridized carbons (Fsp3) is 0.100. The van der Waals surface area contributed by atoms with Gasteiger partial charge in [-0.25, -0.2) is 13.1 Å². The van der Waals surface area contributed by atoms with Crippen LogP contribution in [0.4, 0.5) is 5.69 Å². The van der Waals surface area contributed by atoms with Gasteiger partial charge in [-0.2, -0.15) is 0 Å². The lowest BCUT2D eigenvalue weighted by Crippen LogP contribution is -2.23. The van der Waals surface area contributed by atoms with Crippen LogP contribution in [0.3, 0.4) is 0 Å². The molecule has 0 saturated heterocycles. The second kappa shape index (κ2) is 8.11. The number of nitrogens with one attached hydrogen (secondary N) is 2. The van der Waals surface area contributed by atoms with E-state index in [4.69, 9.17) is 0 Å². The Morgan fingerprint density at radius 2 is 1.70 bits per heavy atom. The topological polar surface area (TPSA) is 88.2 Å². The van der Waals surface area contributed by atoms with Gasteiger partial charge in [0.05, 0.1) is 4.90 Å². The maximum Gasteiger partial charge on any atom is 0.255 e. The van der Waals surface area contributed by atoms with Crippen molar-refractivity contribution >= 4 is 21.6 Å². The van der Waals surface area contributed by atoms with Gasteiger partial charge in [0.15, 0.2) is 0 Å². The molecule has 0 aliphatic carbocycles. The molecular formula is C20H19N3O3S. The van der Waals surface area contributed by atoms with Gasteiger partial charge in [-0.3, -0.25) is 9.78 Å². The van der Waals surface area contributed by atoms with Crippen LogP contribution in [0, 0.1) is 6.92 Å². The fourth-order valence-electron chi connectivity index (χ4n) is 2.49. The van der Waals surface area contributed by atoms with Gasteiger partial charge >= 0.3 is 0 Å². The Bertz CT molecular complexity index is 1040. The molecule has 2 aromatic carbocycles. The van der Waals surface area contributed by atoms with E-state index in [9.17, 15) is 13.2 Å². The molecule has 0 saturated carbocycles. The van der Waals surface area contributed by atoms with E-state index in [0.717, 1.165) is 5.56 Å². The maximum absolute atomic E-state index is 12.5. The lowest BCUT2D eigenvalue weighted by atomic mass is 10.1. The average molecular weight is 381 g/mol. The molecule has 6 nitrogen and oxygen atoms in total. The minimum Gasteiger partial charge on any atom is -0.322 e. The van der Waals surface area contributed by atoms with Gasteiger partial charge in [-0.1, -0.05) is 18.2 Å². The van der Waals surface area contributed by atoms with Crippen molar-refractivity contribution in [3.63, 3.8) is 0 Å². The number of benzene rings is 2. The number of hydrogen-bond donors (Lipinski definition) is 2. The molecule has 2 N–H and O–H groups in total. The van der Waals surface area contributed by atoms with E-state index in [1.54, 1.807) is 61.8 Å². The molecule has 0 atom stereocenters. The normalized spacial score (nSPS) is 11.1. The Labute approximate surface area is 158 Å². The third-order valence-electron chi connectivity index (χ3n) is 4.01. The summed E-state index contributed by atoms with van der Waals surface area (Å²) in [5.74, 6) is -0.245. The van der Waals surface area contributed by atoms with Crippen molar-refractivity contribution in [2.45, 2.75) is 18.4 Å². The summed E-state index contributed by atoms with van der Waals surface area (Å²) in [6, 6.07) is 16.9. The highest BCUT2D eigenvalue weighted by molar-refractivity contribution is 7.89. The van der Waals surface area contributed by atoms with E-state index < -0.39 is 10.0 Å². The van der Waals surface area contributed by atoms with Crippen LogP contribution in [0.5, 0.6) is 0 Å². The summed E-state index contributed by atoms with van der Waals surface area (Å²) in [6.45, 7) is 1.93. The summed E-state index contributed by atoms with van der Waals surface area (Å²) >= 11 is 0. The fourth-order valence-corrected chi connectivity index (χ4v) is 3.59. The van der Waals surface area contributed by atoms with Gasteiger partial charge in [0.2, 0.25) is 10.0 Å². The van der Waals surface area contributed by atoms with Crippen molar-refractivity contribution in [1.29, 1.82) is 0 Å². The molecule has 0 bridgehead atoms. The zero-order valence-corrected chi connectivity index (χ0v) is 15.5. The Morgan fingerprint density at radius 3 is 2.37 bits per heavy atom. The molecule has 27 heavy (non-hydrogen) atoms. The van der Waals surface area contributed by atoms with Crippen molar-refractivity contribution in [3.8, 4) is 0 Å². The summed E-state index contributed by atoms with van der Waals surface area (Å²) in [6.07, 6.45) is 3.22. The van der Waals surface area contributed by atoms with E-state index in [-0.39, 0.29) is 17.3 Å². The summed E-state index contributed by atoms with van der Waals surface area (Å²) in [5.41, 5.74) is 2.58. The first-order valence-corrected chi connectivity index (χ1v) is 9.80. The number of carbonyl (C=O) groups is 1. The number of carbonyl (C=O) groups excluding carboxylic acids is 1. The standard InChI is InChI=1S/C20H19N3O3S/c1-15-13-18(27(25,26)22-14-16-9-11-21-12-10-16)7-8-19(15)23-20(24)17-5-3-2-4-6-17/h2-13,22H,14H2,1H3,(H,23,24). The largest absolute Gasteiger partial charge is 0.322 e. The van der Waals surface area contributed by atoms with Gasteiger partial charge in [0.1, 0.15) is 0 Å². The van der Waals surface area contributed by atoms with Gasteiger partial charge < -0.3 is 5.32 Å². The van der Waals surface area contributed by atoms with Crippen LogP contribution < -0.4 is 10.0 Å². The van der Waals surface area contributed by atoms with Crippen LogP contribution >= 0.6 is 0 Å². The molecule has 0 spiro atoms. The molecule has 0 aliphatic heterocycles. The van der Waals surface area contributed by atoms with Gasteiger partial charge in [-0.05, 0) is 60.5 Å². The van der Waals surface area contributed by atoms with Crippen LogP contribution in [-0.4, -0.2) is 19.3 Å². The highest BCUT2D eigenvalue weighted by Gasteiger charge is 2.16. The number of sulfonamides is 1. The Morgan fingerprint density at radius 1 is 1.00 bits per heavy atom. The lowest BCUT2D eigenvalue weighted by molar-refractivity contribution is 0.102. The predicted octanol–water partition coefficient (Wildman–Crippen LogP) is 3.12. The van der Waals surface area contributed by atoms with E-state index >= 15 is 0 Å². The molecular weight excluding hydrogens is 362 g/mol. The quantitative estimate of drug-likeness (QED) is 0.687. The third kappa shape index (κ3) is 4.78. The van der Waals surface area contributed by atoms with Crippen LogP contribution in [0.25, 0.3) is 0 Å². The molecule has 0 fully saturated rings. The second-order valence-electron chi connectivity index (χ2n) is 5.98. The van der Waals surface area contributed by atoms with Crippen molar-refractivity contribution < 1.29 is 13.2 Å². The SMILES string of the molecule is Cc1cc(S(=O)(=O)NCc2ccncc2)ccc1NC(=O)c1ccccc1. The zero-order chi connectivity index (χ0) is 19.3. The molecule has 0 unspecified atom stereocenters. The van der Waals surface area contributed by atoms with Crippen molar-refractivity contribution in [3.05, 3.63) is 89.7 Å². The minimum atomic E-state index is -3.66. The molecule has 1 aromatic heterocycles. The number of nitrogens with zero attached hydrogens (tertiary/aromatic N) is 1. The first-order valence-electron chi connectivity index (χ1n) is 8.31. The number of aromatic nitrogens is 1. The van der Waals surface area contributed by atoms with Gasteiger partial charge in [-0.15, -0.1) is 0 Å². The number of anilines is 1. The van der Waals surface area contributed by atoms with E-state index in [0.29, 0.717) is 16.8 Å². The van der Waals surface area contributed by atoms with Crippen molar-refractivity contribution in [2.75, 3.05) is 5.32 Å². The summed E-state index contributed by atoms with van der Waals surface area (Å²) < 4.78 is 27.6. The highest BCUT2D eigenvalue weighted by atomic mass is 32.2. The molecule has 3 rings (SSSR count). The summed E-state index contributed by atoms with van der Waals surface area (Å²) in [7, 11) is -3.66. The molecule has 3 aromatic rings. The Hall–Kier alpha value is -3.03. The number of aryl methyl sites for hydroxylation is 1. The number of pyridine rings is 1. The van der Waals surface area contributed by atoms with Crippen LogP contribution in [0.1, 0.15) is 21.5 Å². The molecule has 1 heterocycles. The second-order valence-corrected chi connectivity index (χ2v) is 7.74. The smallest absolute Gasteiger partial charge is 0.255 e. The third-order valence-corrected chi connectivity index (χ3v) is 5.41. The Kier molecular flexibility index (Phi) is 5.63. The van der Waals surface area contributed by atoms with Gasteiger partial charge in [0, 0.05) is 30.2 Å². The molecule has 7 heteroatoms. The van der Waals surface area contributed by atoms with Crippen molar-refractivity contribution in [2.24, 2.45) is 0 Å². The lowest BCUT2D eigenvalue weighted by Gasteiger charge is -2.11. The first kappa shape index (κ1) is 18.8. The minimum absolute atomic E-state index is 0.145. The van der Waals surface area contributed by atoms with Crippen LogP contribution in [0.15, 0.2) is 78.0 Å². The number of amides is 1. The predicted molar refractivity (Wildman–Crippen MR) is 104 cm³/mol. The van der Waals surface area contributed by atoms with Crippen LogP contribution in [0.2, 0.25) is 0 Å². The van der Waals surface area contributed by atoms with E-state index in [1.165, 1.54) is 12.1 Å². The first-order chi connectivity index (χ1) is 13.0. The number of hydrogen-bond acceptors (Lipinski definition) is 4. The molecule has 0 radical (unpaired) electrons. The zero-order valence-electron chi connectivity index (χ0n) is 14.7. The highest BCUT2D eigenvalue weighted by Crippen LogP contribution is 2.20. The molecule has 0 aliphatic rings. The molecule has 138 valence electrons. The maximum atomic E-state index is 12.5. The summed E-state index contributed by atoms with van der Waals surface area (Å²) in [4.78, 5) is 16.3. The van der Waals surface area contributed by atoms with E-state index in [1.807, 2.05) is 6.07 Å². The van der Waals surface area contributed by atoms with Crippen LogP contribution in [-0.2, 0) is 16.6 Å². The van der Waals surface area contributed by atoms with Gasteiger partial charge in [0.25, 0.3) is 5.91 Å². The number of rotatable bonds is 6. The van der Waals surface area contributed by atoms with Crippen molar-refractivity contribution in [1.82, 2.24) is 9.71 Å².